The summed E-state index contributed by atoms with van der Waals surface area (Å²) in [7, 11) is 4.97. The fourth-order valence-electron chi connectivity index (χ4n) is 4.63. The van der Waals surface area contributed by atoms with Crippen LogP contribution in [0.25, 0.3) is 0 Å². The van der Waals surface area contributed by atoms with E-state index in [1.54, 1.807) is 21.3 Å². The van der Waals surface area contributed by atoms with Gasteiger partial charge in [-0.25, -0.2) is 0 Å². The van der Waals surface area contributed by atoms with E-state index in [0.29, 0.717) is 24.6 Å². The molecule has 1 aliphatic carbocycles. The van der Waals surface area contributed by atoms with E-state index in [1.807, 2.05) is 24.3 Å². The quantitative estimate of drug-likeness (QED) is 0.490. The molecule has 0 radical (unpaired) electrons. The molecule has 2 N–H and O–H groups in total. The summed E-state index contributed by atoms with van der Waals surface area (Å²) in [5, 5.41) is 6.69. The summed E-state index contributed by atoms with van der Waals surface area (Å²) in [5.74, 6) is 2.07. The Morgan fingerprint density at radius 1 is 1.10 bits per heavy atom. The number of anilines is 1. The molecule has 2 aromatic rings. The van der Waals surface area contributed by atoms with Gasteiger partial charge in [0, 0.05) is 37.4 Å². The minimum absolute atomic E-state index is 0.0422. The predicted octanol–water partition coefficient (Wildman–Crippen LogP) is 4.30. The number of rotatable bonds is 8. The summed E-state index contributed by atoms with van der Waals surface area (Å²) in [4.78, 5) is 12.6. The maximum atomic E-state index is 12.6. The van der Waals surface area contributed by atoms with Crippen LogP contribution in [0, 0.1) is 5.92 Å². The first-order valence-corrected chi connectivity index (χ1v) is 10.7. The van der Waals surface area contributed by atoms with Gasteiger partial charge in [-0.2, -0.15) is 0 Å². The van der Waals surface area contributed by atoms with Crippen molar-refractivity contribution in [2.24, 2.45) is 5.92 Å². The Kier molecular flexibility index (Phi) is 6.47. The normalized spacial score (nSPS) is 21.1. The van der Waals surface area contributed by atoms with Crippen LogP contribution in [0.3, 0.4) is 0 Å². The maximum Gasteiger partial charge on any atom is 0.251 e. The van der Waals surface area contributed by atoms with Crippen molar-refractivity contribution in [3.05, 3.63) is 65.2 Å². The van der Waals surface area contributed by atoms with Gasteiger partial charge >= 0.3 is 0 Å². The molecule has 1 aliphatic heterocycles. The molecule has 3 atom stereocenters. The number of carbonyl (C=O) groups excluding carboxylic acids is 1. The van der Waals surface area contributed by atoms with Crippen LogP contribution in [0.1, 0.15) is 46.3 Å². The van der Waals surface area contributed by atoms with Gasteiger partial charge in [-0.3, -0.25) is 4.79 Å². The molecule has 0 bridgehead atoms. The van der Waals surface area contributed by atoms with Crippen LogP contribution in [0.2, 0.25) is 0 Å². The molecule has 6 nitrogen and oxygen atoms in total. The minimum atomic E-state index is -0.0422. The maximum absolute atomic E-state index is 12.6. The highest BCUT2D eigenvalue weighted by atomic mass is 16.5. The second-order valence-corrected chi connectivity index (χ2v) is 7.99. The van der Waals surface area contributed by atoms with Crippen LogP contribution >= 0.6 is 0 Å². The zero-order chi connectivity index (χ0) is 21.8. The van der Waals surface area contributed by atoms with Crippen LogP contribution in [0.15, 0.2) is 48.6 Å². The van der Waals surface area contributed by atoms with Gasteiger partial charge in [0.1, 0.15) is 0 Å². The Bertz CT molecular complexity index is 972. The molecule has 3 unspecified atom stereocenters. The fourth-order valence-corrected chi connectivity index (χ4v) is 4.63. The first-order chi connectivity index (χ1) is 15.2. The minimum Gasteiger partial charge on any atom is -0.493 e. The van der Waals surface area contributed by atoms with Crippen LogP contribution in [0.4, 0.5) is 5.69 Å². The monoisotopic (exact) mass is 422 g/mol. The van der Waals surface area contributed by atoms with Gasteiger partial charge in [0.15, 0.2) is 11.5 Å². The van der Waals surface area contributed by atoms with Crippen molar-refractivity contribution >= 4 is 11.6 Å². The average molecular weight is 423 g/mol. The second kappa shape index (κ2) is 9.43. The molecule has 31 heavy (non-hydrogen) atoms. The van der Waals surface area contributed by atoms with Crippen LogP contribution < -0.4 is 20.1 Å². The van der Waals surface area contributed by atoms with Crippen molar-refractivity contribution in [3.8, 4) is 11.5 Å². The molecule has 164 valence electrons. The molecule has 1 amide bonds. The van der Waals surface area contributed by atoms with Gasteiger partial charge in [-0.15, -0.1) is 0 Å². The van der Waals surface area contributed by atoms with Gasteiger partial charge in [-0.1, -0.05) is 18.2 Å². The number of hydrogen-bond donors (Lipinski definition) is 2. The molecule has 2 aromatic carbocycles. The molecular formula is C25H30N2O4. The summed E-state index contributed by atoms with van der Waals surface area (Å²) >= 11 is 0. The Labute approximate surface area is 183 Å². The lowest BCUT2D eigenvalue weighted by Gasteiger charge is -2.38. The first-order valence-electron chi connectivity index (χ1n) is 10.7. The molecule has 4 rings (SSSR count). The number of fused-ring (bicyclic) bond motifs is 3. The summed E-state index contributed by atoms with van der Waals surface area (Å²) in [6.45, 7) is 1.25. The van der Waals surface area contributed by atoms with E-state index in [-0.39, 0.29) is 17.9 Å². The number of methoxy groups -OCH3 is 3. The third-order valence-electron chi connectivity index (χ3n) is 6.20. The number of amides is 1. The van der Waals surface area contributed by atoms with E-state index in [9.17, 15) is 4.79 Å². The number of allylic oxidation sites excluding steroid dienone is 2. The predicted molar refractivity (Wildman–Crippen MR) is 121 cm³/mol. The molecule has 6 heteroatoms. The highest BCUT2D eigenvalue weighted by molar-refractivity contribution is 5.95. The van der Waals surface area contributed by atoms with Crippen LogP contribution in [-0.2, 0) is 4.74 Å². The van der Waals surface area contributed by atoms with Gasteiger partial charge in [-0.05, 0) is 60.2 Å². The van der Waals surface area contributed by atoms with E-state index in [1.165, 1.54) is 11.1 Å². The lowest BCUT2D eigenvalue weighted by Crippen LogP contribution is -2.30. The molecule has 0 fully saturated rings. The lowest BCUT2D eigenvalue weighted by molar-refractivity contribution is 0.0948. The number of carbonyl (C=O) groups is 1. The molecule has 2 aliphatic rings. The van der Waals surface area contributed by atoms with E-state index >= 15 is 0 Å². The zero-order valence-corrected chi connectivity index (χ0v) is 18.3. The molecule has 1 heterocycles. The molecular weight excluding hydrogens is 392 g/mol. The summed E-state index contributed by atoms with van der Waals surface area (Å²) in [6, 6.07) is 12.2. The average Bonchev–Trinajstić information content (AvgIpc) is 3.30. The number of nitrogens with one attached hydrogen (secondary N) is 2. The molecule has 0 spiro atoms. The van der Waals surface area contributed by atoms with Crippen molar-refractivity contribution in [3.63, 3.8) is 0 Å². The van der Waals surface area contributed by atoms with Crippen LogP contribution in [0.5, 0.6) is 11.5 Å². The molecule has 0 saturated heterocycles. The van der Waals surface area contributed by atoms with Crippen molar-refractivity contribution in [1.82, 2.24) is 5.32 Å². The highest BCUT2D eigenvalue weighted by Crippen LogP contribution is 2.50. The largest absolute Gasteiger partial charge is 0.493 e. The standard InChI is InChI=1S/C25H30N2O4/c1-29-13-5-12-26-25(28)17-8-10-21-20(14-17)18-6-4-7-19(18)24(27-21)16-9-11-22(30-2)23(15-16)31-3/h4,6,8-11,14-15,18-19,24,27H,5,7,12-13H2,1-3H3,(H,26,28). The van der Waals surface area contributed by atoms with Crippen LogP contribution in [-0.4, -0.2) is 40.4 Å². The summed E-state index contributed by atoms with van der Waals surface area (Å²) < 4.78 is 16.0. The lowest BCUT2D eigenvalue weighted by atomic mass is 9.76. The van der Waals surface area contributed by atoms with E-state index < -0.39 is 0 Å². The fraction of sp³-hybridized carbons (Fsp3) is 0.400. The van der Waals surface area contributed by atoms with E-state index in [4.69, 9.17) is 14.2 Å². The number of hydrogen-bond acceptors (Lipinski definition) is 5. The van der Waals surface area contributed by atoms with Crippen molar-refractivity contribution in [2.45, 2.75) is 24.8 Å². The van der Waals surface area contributed by atoms with Gasteiger partial charge in [0.25, 0.3) is 5.91 Å². The van der Waals surface area contributed by atoms with Gasteiger partial charge in [0.2, 0.25) is 0 Å². The van der Waals surface area contributed by atoms with Gasteiger partial charge in [0.05, 0.1) is 20.3 Å². The Morgan fingerprint density at radius 3 is 2.71 bits per heavy atom. The third kappa shape index (κ3) is 4.26. The summed E-state index contributed by atoms with van der Waals surface area (Å²) in [6.07, 6.45) is 6.31. The number of benzene rings is 2. The van der Waals surface area contributed by atoms with E-state index in [0.717, 1.165) is 30.0 Å². The Morgan fingerprint density at radius 2 is 1.94 bits per heavy atom. The smallest absolute Gasteiger partial charge is 0.251 e. The Balaban J connectivity index is 1.58. The first kappa shape index (κ1) is 21.2. The highest BCUT2D eigenvalue weighted by Gasteiger charge is 2.38. The Hall–Kier alpha value is -2.99. The van der Waals surface area contributed by atoms with Crippen molar-refractivity contribution in [2.75, 3.05) is 39.8 Å². The van der Waals surface area contributed by atoms with Crippen molar-refractivity contribution in [1.29, 1.82) is 0 Å². The summed E-state index contributed by atoms with van der Waals surface area (Å²) in [5.41, 5.74) is 4.12. The third-order valence-corrected chi connectivity index (χ3v) is 6.20. The second-order valence-electron chi connectivity index (χ2n) is 7.99. The molecule has 0 saturated carbocycles. The van der Waals surface area contributed by atoms with Gasteiger partial charge < -0.3 is 24.8 Å². The molecule has 0 aromatic heterocycles. The zero-order valence-electron chi connectivity index (χ0n) is 18.3. The SMILES string of the molecule is COCCCNC(=O)c1ccc2c(c1)C1C=CCC1C(c1ccc(OC)c(OC)c1)N2. The van der Waals surface area contributed by atoms with Crippen molar-refractivity contribution < 1.29 is 19.0 Å². The van der Waals surface area contributed by atoms with E-state index in [2.05, 4.69) is 34.9 Å². The topological polar surface area (TPSA) is 68.8 Å². The number of ether oxygens (including phenoxy) is 3.